The van der Waals surface area contributed by atoms with Gasteiger partial charge < -0.3 is 4.84 Å². The molecule has 1 atom stereocenters. The Balaban J connectivity index is 2.05. The monoisotopic (exact) mass is 377 g/mol. The molecule has 2 aromatic carbocycles. The normalized spacial score (nSPS) is 20.7. The largest absolute Gasteiger partial charge is 0.435 e. The Morgan fingerprint density at radius 2 is 1.71 bits per heavy atom. The third-order valence-corrected chi connectivity index (χ3v) is 4.11. The van der Waals surface area contributed by atoms with Crippen molar-refractivity contribution in [2.75, 3.05) is 0 Å². The molecule has 0 spiro atoms. The van der Waals surface area contributed by atoms with Crippen LogP contribution in [0.15, 0.2) is 47.6 Å². The van der Waals surface area contributed by atoms with Crippen molar-refractivity contribution in [1.29, 1.82) is 0 Å². The zero-order valence-electron chi connectivity index (χ0n) is 11.9. The first kappa shape index (κ1) is 17.0. The number of hydrogen-bond donors (Lipinski definition) is 0. The lowest BCUT2D eigenvalue weighted by Gasteiger charge is -2.29. The molecule has 126 valence electrons. The van der Waals surface area contributed by atoms with Crippen molar-refractivity contribution in [3.8, 4) is 0 Å². The molecule has 0 N–H and O–H groups in total. The predicted octanol–water partition coefficient (Wildman–Crippen LogP) is 5.71. The number of alkyl halides is 3. The van der Waals surface area contributed by atoms with Gasteiger partial charge in [0.1, 0.15) is 5.82 Å². The summed E-state index contributed by atoms with van der Waals surface area (Å²) in [5, 5.41) is 3.64. The van der Waals surface area contributed by atoms with E-state index in [-0.39, 0.29) is 26.9 Å². The maximum atomic E-state index is 13.8. The van der Waals surface area contributed by atoms with E-state index in [9.17, 15) is 17.6 Å². The third-order valence-electron chi connectivity index (χ3n) is 3.67. The minimum Gasteiger partial charge on any atom is -0.374 e. The highest BCUT2D eigenvalue weighted by atomic mass is 35.5. The molecule has 0 aliphatic carbocycles. The molecule has 2 nitrogen and oxygen atoms in total. The fraction of sp³-hybridized carbons (Fsp3) is 0.188. The molecular weight excluding hydrogens is 369 g/mol. The van der Waals surface area contributed by atoms with E-state index in [2.05, 4.69) is 5.16 Å². The first-order valence-electron chi connectivity index (χ1n) is 6.75. The van der Waals surface area contributed by atoms with Crippen molar-refractivity contribution in [1.82, 2.24) is 0 Å². The first-order valence-corrected chi connectivity index (χ1v) is 7.51. The molecule has 0 aromatic heterocycles. The van der Waals surface area contributed by atoms with Gasteiger partial charge in [0.15, 0.2) is 0 Å². The van der Waals surface area contributed by atoms with E-state index in [1.165, 1.54) is 24.3 Å². The average molecular weight is 378 g/mol. The van der Waals surface area contributed by atoms with Gasteiger partial charge in [-0.1, -0.05) is 40.5 Å². The van der Waals surface area contributed by atoms with Gasteiger partial charge in [0.2, 0.25) is 0 Å². The van der Waals surface area contributed by atoms with Crippen molar-refractivity contribution in [3.05, 3.63) is 69.5 Å². The molecule has 2 aromatic rings. The highest BCUT2D eigenvalue weighted by molar-refractivity contribution is 6.34. The van der Waals surface area contributed by atoms with Gasteiger partial charge >= 0.3 is 6.18 Å². The van der Waals surface area contributed by atoms with Crippen LogP contribution < -0.4 is 0 Å². The Bertz CT molecular complexity index is 802. The number of rotatable bonds is 2. The Morgan fingerprint density at radius 1 is 1.04 bits per heavy atom. The molecule has 1 heterocycles. The van der Waals surface area contributed by atoms with E-state index in [1.807, 2.05) is 0 Å². The van der Waals surface area contributed by atoms with Gasteiger partial charge in [0, 0.05) is 27.6 Å². The fourth-order valence-electron chi connectivity index (χ4n) is 2.51. The molecule has 1 aliphatic heterocycles. The van der Waals surface area contributed by atoms with Crippen LogP contribution in [0, 0.1) is 5.82 Å². The number of hydrogen-bond acceptors (Lipinski definition) is 2. The lowest BCUT2D eigenvalue weighted by molar-refractivity contribution is -0.275. The number of benzene rings is 2. The number of nitrogens with zero attached hydrogens (tertiary/aromatic N) is 1. The SMILES string of the molecule is Fc1cccc(C2=NOC(c3cc(Cl)cc(Cl)c3)(C(F)(F)F)C2)c1. The van der Waals surface area contributed by atoms with Crippen LogP contribution in [-0.4, -0.2) is 11.9 Å². The van der Waals surface area contributed by atoms with Crippen LogP contribution in [0.3, 0.4) is 0 Å². The summed E-state index contributed by atoms with van der Waals surface area (Å²) >= 11 is 11.6. The average Bonchev–Trinajstić information content (AvgIpc) is 2.92. The lowest BCUT2D eigenvalue weighted by atomic mass is 9.86. The van der Waals surface area contributed by atoms with Crippen LogP contribution in [0.1, 0.15) is 17.5 Å². The maximum Gasteiger partial charge on any atom is 0.435 e. The van der Waals surface area contributed by atoms with Gasteiger partial charge in [-0.15, -0.1) is 0 Å². The molecule has 0 saturated carbocycles. The summed E-state index contributed by atoms with van der Waals surface area (Å²) in [5.41, 5.74) is -2.77. The number of halogens is 6. The Morgan fingerprint density at radius 3 is 2.29 bits per heavy atom. The molecule has 0 bridgehead atoms. The summed E-state index contributed by atoms with van der Waals surface area (Å²) in [6.45, 7) is 0. The van der Waals surface area contributed by atoms with Crippen LogP contribution >= 0.6 is 23.2 Å². The molecule has 24 heavy (non-hydrogen) atoms. The minimum absolute atomic E-state index is 0.0112. The van der Waals surface area contributed by atoms with Crippen LogP contribution in [0.4, 0.5) is 17.6 Å². The summed E-state index contributed by atoms with van der Waals surface area (Å²) < 4.78 is 54.6. The Hall–Kier alpha value is -1.79. The van der Waals surface area contributed by atoms with Crippen molar-refractivity contribution < 1.29 is 22.4 Å². The molecule has 0 saturated heterocycles. The first-order chi connectivity index (χ1) is 11.2. The summed E-state index contributed by atoms with van der Waals surface area (Å²) in [4.78, 5) is 4.83. The van der Waals surface area contributed by atoms with Crippen LogP contribution in [0.2, 0.25) is 10.0 Å². The highest BCUT2D eigenvalue weighted by Crippen LogP contribution is 2.49. The second kappa shape index (κ2) is 5.93. The Labute approximate surface area is 144 Å². The van der Waals surface area contributed by atoms with Crippen LogP contribution in [0.25, 0.3) is 0 Å². The van der Waals surface area contributed by atoms with E-state index >= 15 is 0 Å². The third kappa shape index (κ3) is 2.96. The molecule has 1 aliphatic rings. The second-order valence-corrected chi connectivity index (χ2v) is 6.17. The van der Waals surface area contributed by atoms with Gasteiger partial charge in [-0.25, -0.2) is 4.39 Å². The van der Waals surface area contributed by atoms with Crippen LogP contribution in [0.5, 0.6) is 0 Å². The summed E-state index contributed by atoms with van der Waals surface area (Å²) in [6, 6.07) is 8.71. The Kier molecular flexibility index (Phi) is 4.21. The van der Waals surface area contributed by atoms with E-state index in [0.29, 0.717) is 0 Å². The minimum atomic E-state index is -4.78. The lowest BCUT2D eigenvalue weighted by Crippen LogP contribution is -2.42. The van der Waals surface area contributed by atoms with Crippen molar-refractivity contribution in [2.24, 2.45) is 5.16 Å². The smallest absolute Gasteiger partial charge is 0.374 e. The van der Waals surface area contributed by atoms with Crippen LogP contribution in [-0.2, 0) is 10.4 Å². The summed E-state index contributed by atoms with van der Waals surface area (Å²) in [6.07, 6.45) is -5.39. The molecule has 8 heteroatoms. The summed E-state index contributed by atoms with van der Waals surface area (Å²) in [5.74, 6) is -0.578. The fourth-order valence-corrected chi connectivity index (χ4v) is 3.04. The zero-order chi connectivity index (χ0) is 17.5. The maximum absolute atomic E-state index is 13.8. The summed E-state index contributed by atoms with van der Waals surface area (Å²) in [7, 11) is 0. The van der Waals surface area contributed by atoms with Gasteiger partial charge in [0.05, 0.1) is 5.71 Å². The quantitative estimate of drug-likeness (QED) is 0.613. The topological polar surface area (TPSA) is 21.6 Å². The van der Waals surface area contributed by atoms with Gasteiger partial charge in [-0.05, 0) is 30.3 Å². The molecule has 0 amide bonds. The van der Waals surface area contributed by atoms with Gasteiger partial charge in [-0.3, -0.25) is 0 Å². The van der Waals surface area contributed by atoms with Crippen molar-refractivity contribution in [3.63, 3.8) is 0 Å². The number of oxime groups is 1. The van der Waals surface area contributed by atoms with E-state index in [1.54, 1.807) is 0 Å². The molecule has 3 rings (SSSR count). The standard InChI is InChI=1S/C16H9Cl2F4NO/c17-11-5-10(6-12(18)7-11)15(16(20,21)22)8-14(23-24-15)9-2-1-3-13(19)4-9/h1-7H,8H2. The van der Waals surface area contributed by atoms with E-state index in [0.717, 1.165) is 18.2 Å². The molecule has 0 radical (unpaired) electrons. The van der Waals surface area contributed by atoms with E-state index < -0.39 is 24.0 Å². The van der Waals surface area contributed by atoms with E-state index in [4.69, 9.17) is 28.0 Å². The predicted molar refractivity (Wildman–Crippen MR) is 82.8 cm³/mol. The molecular formula is C16H9Cl2F4NO. The van der Waals surface area contributed by atoms with Crippen molar-refractivity contribution >= 4 is 28.9 Å². The zero-order valence-corrected chi connectivity index (χ0v) is 13.4. The highest BCUT2D eigenvalue weighted by Gasteiger charge is 2.62. The second-order valence-electron chi connectivity index (χ2n) is 5.30. The van der Waals surface area contributed by atoms with Gasteiger partial charge in [-0.2, -0.15) is 13.2 Å². The van der Waals surface area contributed by atoms with Gasteiger partial charge in [0.25, 0.3) is 5.60 Å². The molecule has 0 fully saturated rings. The van der Waals surface area contributed by atoms with Crippen molar-refractivity contribution in [2.45, 2.75) is 18.2 Å². The molecule has 1 unspecified atom stereocenters.